The number of hydrogen-bond donors (Lipinski definition) is 6. The molecule has 3 heterocycles. The number of nitrogen functional groups attached to an aromatic ring is 3. The number of nitrogens with one attached hydrogen (secondary N) is 2. The van der Waals surface area contributed by atoms with Crippen molar-refractivity contribution < 1.29 is 28.7 Å². The maximum Gasteiger partial charge on any atom is 0.407 e. The van der Waals surface area contributed by atoms with E-state index in [-0.39, 0.29) is 65.7 Å². The Morgan fingerprint density at radius 2 is 0.892 bits per heavy atom. The van der Waals surface area contributed by atoms with Gasteiger partial charge in [0.05, 0.1) is 0 Å². The SMILES string of the molecule is CC(C)(C)OC(=O)NCc1ccc2c(c1)C(=O)N(c1c(N)c(=O)c1=O)CC2.CC(C)(C)OC(=O)NCc1ccc2c(c1)CN(c1c(N)c(=O)c1=O)CC2.Cl.NCc1ccc2c(c1)C(=O)N(c1c(N)c(=O)c1=O)CC2. The van der Waals surface area contributed by atoms with Crippen LogP contribution in [0, 0.1) is 0 Å². The topological polar surface area (TPSA) is 327 Å². The minimum atomic E-state index is -0.751. The molecule has 9 rings (SSSR count). The fourth-order valence-corrected chi connectivity index (χ4v) is 8.63. The van der Waals surface area contributed by atoms with Gasteiger partial charge in [0.1, 0.15) is 45.3 Å². The van der Waals surface area contributed by atoms with E-state index < -0.39 is 56.0 Å². The van der Waals surface area contributed by atoms with Crippen LogP contribution in [-0.2, 0) is 54.9 Å². The van der Waals surface area contributed by atoms with Crippen molar-refractivity contribution in [2.45, 2.75) is 98.2 Å². The molecule has 0 saturated carbocycles. The third-order valence-electron chi connectivity index (χ3n) is 12.3. The highest BCUT2D eigenvalue weighted by Gasteiger charge is 2.35. The summed E-state index contributed by atoms with van der Waals surface area (Å²) in [5.41, 5.74) is 24.8. The van der Waals surface area contributed by atoms with Gasteiger partial charge in [-0.25, -0.2) is 9.59 Å². The van der Waals surface area contributed by atoms with Crippen LogP contribution in [0.5, 0.6) is 0 Å². The number of alkyl carbamates (subject to hydrolysis) is 2. The van der Waals surface area contributed by atoms with E-state index in [9.17, 15) is 47.9 Å². The van der Waals surface area contributed by atoms with Crippen LogP contribution < -0.4 is 80.8 Å². The van der Waals surface area contributed by atoms with Gasteiger partial charge in [0.2, 0.25) is 0 Å². The van der Waals surface area contributed by atoms with E-state index in [0.29, 0.717) is 67.9 Å². The highest BCUT2D eigenvalue weighted by molar-refractivity contribution is 6.11. The quantitative estimate of drug-likeness (QED) is 0.119. The van der Waals surface area contributed by atoms with Crippen LogP contribution in [0.1, 0.15) is 101 Å². The van der Waals surface area contributed by atoms with Crippen LogP contribution in [0.25, 0.3) is 0 Å². The van der Waals surface area contributed by atoms with Crippen molar-refractivity contribution in [2.75, 3.05) is 51.5 Å². The Bertz CT molecular complexity index is 3420. The molecule has 390 valence electrons. The monoisotopic (exact) mass is 1040 g/mol. The maximum atomic E-state index is 12.8. The summed E-state index contributed by atoms with van der Waals surface area (Å²) in [4.78, 5) is 122. The van der Waals surface area contributed by atoms with Crippen molar-refractivity contribution in [1.82, 2.24) is 10.6 Å². The zero-order valence-electron chi connectivity index (χ0n) is 41.7. The molecule has 74 heavy (non-hydrogen) atoms. The second kappa shape index (κ2) is 21.5. The molecule has 0 saturated heterocycles. The molecule has 0 spiro atoms. The van der Waals surface area contributed by atoms with Gasteiger partial charge < -0.3 is 57.7 Å². The van der Waals surface area contributed by atoms with Gasteiger partial charge in [0.15, 0.2) is 0 Å². The smallest absolute Gasteiger partial charge is 0.407 e. The van der Waals surface area contributed by atoms with Crippen LogP contribution in [0.4, 0.5) is 43.7 Å². The molecule has 6 aromatic rings. The second-order valence-electron chi connectivity index (χ2n) is 19.8. The third-order valence-corrected chi connectivity index (χ3v) is 12.3. The number of ether oxygens (including phenoxy) is 2. The molecule has 3 aliphatic heterocycles. The fraction of sp³-hybridized carbons (Fsp3) is 0.346. The van der Waals surface area contributed by atoms with Crippen LogP contribution in [0.2, 0.25) is 0 Å². The van der Waals surface area contributed by atoms with Crippen molar-refractivity contribution in [1.29, 1.82) is 0 Å². The lowest BCUT2D eigenvalue weighted by Crippen LogP contribution is -2.47. The van der Waals surface area contributed by atoms with Crippen molar-refractivity contribution in [2.24, 2.45) is 5.73 Å². The largest absolute Gasteiger partial charge is 0.444 e. The lowest BCUT2D eigenvalue weighted by Gasteiger charge is -2.32. The number of nitrogens with two attached hydrogens (primary N) is 4. The molecule has 3 aliphatic rings. The zero-order valence-corrected chi connectivity index (χ0v) is 42.5. The average molecular weight is 1040 g/mol. The molecule has 0 atom stereocenters. The summed E-state index contributed by atoms with van der Waals surface area (Å²) in [5.74, 6) is -0.686. The Morgan fingerprint density at radius 1 is 0.514 bits per heavy atom. The highest BCUT2D eigenvalue weighted by Crippen LogP contribution is 2.29. The molecule has 0 bridgehead atoms. The Kier molecular flexibility index (Phi) is 16.0. The summed E-state index contributed by atoms with van der Waals surface area (Å²) < 4.78 is 10.4. The molecular formula is C52H58ClN9O12. The first-order valence-corrected chi connectivity index (χ1v) is 23.4. The van der Waals surface area contributed by atoms with E-state index in [0.717, 1.165) is 34.2 Å². The zero-order chi connectivity index (χ0) is 53.4. The molecule has 21 nitrogen and oxygen atoms in total. The second-order valence-corrected chi connectivity index (χ2v) is 19.8. The normalized spacial score (nSPS) is 14.1. The average Bonchev–Trinajstić information content (AvgIpc) is 3.35. The van der Waals surface area contributed by atoms with Crippen LogP contribution in [0.3, 0.4) is 0 Å². The van der Waals surface area contributed by atoms with Crippen LogP contribution in [-0.4, -0.2) is 54.8 Å². The van der Waals surface area contributed by atoms with Gasteiger partial charge in [-0.3, -0.25) is 38.4 Å². The predicted octanol–water partition coefficient (Wildman–Crippen LogP) is 2.49. The molecule has 4 amide bonds. The van der Waals surface area contributed by atoms with E-state index in [1.165, 1.54) is 15.4 Å². The number of fused-ring (bicyclic) bond motifs is 3. The Labute approximate surface area is 429 Å². The van der Waals surface area contributed by atoms with E-state index in [2.05, 4.69) is 10.6 Å². The van der Waals surface area contributed by atoms with Gasteiger partial charge in [-0.05, 0) is 112 Å². The van der Waals surface area contributed by atoms with Crippen LogP contribution >= 0.6 is 12.4 Å². The Hall–Kier alpha value is -8.17. The molecule has 10 N–H and O–H groups in total. The van der Waals surface area contributed by atoms with E-state index >= 15 is 0 Å². The summed E-state index contributed by atoms with van der Waals surface area (Å²) in [7, 11) is 0. The number of hydrogen-bond acceptors (Lipinski definition) is 17. The standard InChI is InChI=1S/C19H21N3O5.C19H23N3O4.C14H13N3O3.ClH/c1-19(2,3)27-18(26)21-9-10-4-5-11-6-7-22(17(25)12(11)8-10)14-13(20)15(23)16(14)24;1-19(2,3)26-18(25)21-9-11-4-5-12-6-7-22(10-13(12)8-11)15-14(20)16(23)17(15)24;15-6-7-1-2-8-3-4-17(14(20)9(8)5-7)11-10(16)12(18)13(11)19;/h4-5,8H,6-7,9,20H2,1-3H3,(H,21,26);4-5,8H,6-7,9-10,20H2,1-3H3,(H,21,25);1-2,5H,3-4,6,15-16H2;1H. The maximum absolute atomic E-state index is 12.8. The minimum absolute atomic E-state index is 0. The molecule has 0 fully saturated rings. The molecule has 22 heteroatoms. The lowest BCUT2D eigenvalue weighted by atomic mass is 9.95. The molecule has 0 radical (unpaired) electrons. The number of nitrogens with zero attached hydrogens (tertiary/aromatic N) is 3. The number of carbonyl (C=O) groups is 4. The molecule has 0 aliphatic carbocycles. The highest BCUT2D eigenvalue weighted by atomic mass is 35.5. The first-order valence-electron chi connectivity index (χ1n) is 23.4. The summed E-state index contributed by atoms with van der Waals surface area (Å²) >= 11 is 0. The summed E-state index contributed by atoms with van der Waals surface area (Å²) in [6.45, 7) is 13.4. The Morgan fingerprint density at radius 3 is 1.31 bits per heavy atom. The Balaban J connectivity index is 0.000000181. The fourth-order valence-electron chi connectivity index (χ4n) is 8.63. The van der Waals surface area contributed by atoms with Gasteiger partial charge in [-0.15, -0.1) is 12.4 Å². The van der Waals surface area contributed by atoms with Crippen molar-refractivity contribution >= 4 is 70.5 Å². The number of carbonyl (C=O) groups excluding carboxylic acids is 4. The first kappa shape index (κ1) is 55.1. The van der Waals surface area contributed by atoms with Gasteiger partial charge >= 0.3 is 12.2 Å². The number of anilines is 6. The van der Waals surface area contributed by atoms with E-state index in [1.807, 2.05) is 68.1 Å². The number of halogens is 1. The minimum Gasteiger partial charge on any atom is -0.444 e. The number of amides is 4. The summed E-state index contributed by atoms with van der Waals surface area (Å²) in [6, 6.07) is 16.8. The van der Waals surface area contributed by atoms with Crippen molar-refractivity contribution in [3.8, 4) is 0 Å². The number of benzene rings is 3. The molecule has 0 aromatic heterocycles. The van der Waals surface area contributed by atoms with E-state index in [1.54, 1.807) is 32.9 Å². The summed E-state index contributed by atoms with van der Waals surface area (Å²) in [5, 5.41) is 5.37. The molecule has 6 aromatic carbocycles. The number of rotatable bonds is 8. The molecule has 0 unspecified atom stereocenters. The summed E-state index contributed by atoms with van der Waals surface area (Å²) in [6.07, 6.45) is 0.912. The predicted molar refractivity (Wildman–Crippen MR) is 283 cm³/mol. The van der Waals surface area contributed by atoms with Gasteiger partial charge in [-0.1, -0.05) is 42.5 Å². The van der Waals surface area contributed by atoms with Crippen LogP contribution in [0.15, 0.2) is 83.4 Å². The van der Waals surface area contributed by atoms with Crippen molar-refractivity contribution in [3.05, 3.63) is 166 Å². The third kappa shape index (κ3) is 11.5. The molecular weight excluding hydrogens is 978 g/mol. The van der Waals surface area contributed by atoms with Crippen molar-refractivity contribution in [3.63, 3.8) is 0 Å². The van der Waals surface area contributed by atoms with E-state index in [4.69, 9.17) is 32.4 Å². The lowest BCUT2D eigenvalue weighted by molar-refractivity contribution is 0.0512. The van der Waals surface area contributed by atoms with Gasteiger partial charge in [0, 0.05) is 56.9 Å². The van der Waals surface area contributed by atoms with Gasteiger partial charge in [0.25, 0.3) is 44.4 Å². The van der Waals surface area contributed by atoms with Gasteiger partial charge in [-0.2, -0.15) is 0 Å². The first-order chi connectivity index (χ1) is 34.3.